The third-order valence-corrected chi connectivity index (χ3v) is 2.65. The van der Waals surface area contributed by atoms with Crippen molar-refractivity contribution >= 4 is 11.8 Å². The minimum Gasteiger partial charge on any atom is -0.377 e. The Balaban J connectivity index is 2.13. The van der Waals surface area contributed by atoms with Gasteiger partial charge in [0.25, 0.3) is 0 Å². The maximum atomic E-state index is 5.55. The topological polar surface area (TPSA) is 76.8 Å². The molecule has 0 aliphatic carbocycles. The van der Waals surface area contributed by atoms with Gasteiger partial charge < -0.3 is 10.5 Å². The van der Waals surface area contributed by atoms with Crippen LogP contribution in [0.1, 0.15) is 13.3 Å². The molecule has 6 heteroatoms. The van der Waals surface area contributed by atoms with Crippen LogP contribution >= 0.6 is 11.8 Å². The number of nitrogens with one attached hydrogen (secondary N) is 1. The second kappa shape index (κ2) is 6.80. The summed E-state index contributed by atoms with van der Waals surface area (Å²) >= 11 is 1.63. The van der Waals surface area contributed by atoms with Crippen LogP contribution in [-0.4, -0.2) is 40.2 Å². The number of nitrogens with two attached hydrogens (primary N) is 1. The molecule has 0 aliphatic rings. The summed E-state index contributed by atoms with van der Waals surface area (Å²) in [5.74, 6) is 0.942. The number of H-pyrrole nitrogens is 1. The van der Waals surface area contributed by atoms with E-state index in [-0.39, 0.29) is 6.10 Å². The van der Waals surface area contributed by atoms with Gasteiger partial charge in [0.2, 0.25) is 0 Å². The monoisotopic (exact) mass is 216 g/mol. The molecule has 0 amide bonds. The molecule has 1 aromatic heterocycles. The lowest BCUT2D eigenvalue weighted by Crippen LogP contribution is -2.24. The SMILES string of the molecule is CCOC(CN)CCSc1ncn[nH]1. The largest absolute Gasteiger partial charge is 0.377 e. The Labute approximate surface area is 87.8 Å². The minimum absolute atomic E-state index is 0.162. The van der Waals surface area contributed by atoms with Crippen molar-refractivity contribution in [3.8, 4) is 0 Å². The number of nitrogens with zero attached hydrogens (tertiary/aromatic N) is 2. The van der Waals surface area contributed by atoms with Crippen molar-refractivity contribution < 1.29 is 4.74 Å². The highest BCUT2D eigenvalue weighted by Crippen LogP contribution is 2.13. The number of hydrogen-bond acceptors (Lipinski definition) is 5. The second-order valence-electron chi connectivity index (χ2n) is 2.74. The van der Waals surface area contributed by atoms with Crippen molar-refractivity contribution in [2.45, 2.75) is 24.6 Å². The first-order valence-electron chi connectivity index (χ1n) is 4.66. The molecule has 0 spiro atoms. The van der Waals surface area contributed by atoms with E-state index in [1.807, 2.05) is 6.92 Å². The van der Waals surface area contributed by atoms with Crippen molar-refractivity contribution in [2.24, 2.45) is 5.73 Å². The Bertz CT molecular complexity index is 229. The molecular formula is C8H16N4OS. The van der Waals surface area contributed by atoms with Gasteiger partial charge in [-0.15, -0.1) is 0 Å². The molecule has 1 aromatic rings. The summed E-state index contributed by atoms with van der Waals surface area (Å²) in [6.07, 6.45) is 2.61. The third kappa shape index (κ3) is 4.08. The highest BCUT2D eigenvalue weighted by Gasteiger charge is 2.06. The van der Waals surface area contributed by atoms with Crippen LogP contribution in [0, 0.1) is 0 Å². The van der Waals surface area contributed by atoms with Crippen LogP contribution < -0.4 is 5.73 Å². The molecule has 0 saturated carbocycles. The molecule has 80 valence electrons. The van der Waals surface area contributed by atoms with E-state index in [4.69, 9.17) is 10.5 Å². The lowest BCUT2D eigenvalue weighted by atomic mass is 10.3. The number of aromatic nitrogens is 3. The van der Waals surface area contributed by atoms with Gasteiger partial charge in [-0.2, -0.15) is 5.10 Å². The average molecular weight is 216 g/mol. The lowest BCUT2D eigenvalue weighted by molar-refractivity contribution is 0.0674. The number of rotatable bonds is 7. The number of hydrogen-bond donors (Lipinski definition) is 2. The van der Waals surface area contributed by atoms with Gasteiger partial charge in [0, 0.05) is 18.9 Å². The maximum absolute atomic E-state index is 5.55. The summed E-state index contributed by atoms with van der Waals surface area (Å²) in [6, 6.07) is 0. The van der Waals surface area contributed by atoms with E-state index in [2.05, 4.69) is 15.2 Å². The summed E-state index contributed by atoms with van der Waals surface area (Å²) in [7, 11) is 0. The molecule has 0 saturated heterocycles. The fourth-order valence-electron chi connectivity index (χ4n) is 1.06. The van der Waals surface area contributed by atoms with E-state index in [0.717, 1.165) is 23.9 Å². The van der Waals surface area contributed by atoms with Gasteiger partial charge in [-0.1, -0.05) is 11.8 Å². The second-order valence-corrected chi connectivity index (χ2v) is 3.82. The summed E-state index contributed by atoms with van der Waals surface area (Å²) in [4.78, 5) is 4.01. The Hall–Kier alpha value is -0.590. The van der Waals surface area contributed by atoms with Crippen molar-refractivity contribution in [3.63, 3.8) is 0 Å². The number of thioether (sulfide) groups is 1. The Morgan fingerprint density at radius 1 is 1.71 bits per heavy atom. The molecule has 0 radical (unpaired) electrons. The van der Waals surface area contributed by atoms with Crippen LogP contribution in [-0.2, 0) is 4.74 Å². The first-order chi connectivity index (χ1) is 6.86. The van der Waals surface area contributed by atoms with Gasteiger partial charge in [0.15, 0.2) is 5.16 Å². The average Bonchev–Trinajstić information content (AvgIpc) is 2.69. The summed E-state index contributed by atoms with van der Waals surface area (Å²) in [6.45, 7) is 3.27. The first kappa shape index (κ1) is 11.5. The normalized spacial score (nSPS) is 13.0. The molecule has 1 heterocycles. The highest BCUT2D eigenvalue weighted by molar-refractivity contribution is 7.99. The molecule has 1 atom stereocenters. The minimum atomic E-state index is 0.162. The van der Waals surface area contributed by atoms with Gasteiger partial charge in [0.05, 0.1) is 6.10 Å². The molecular weight excluding hydrogens is 200 g/mol. The predicted molar refractivity (Wildman–Crippen MR) is 56.2 cm³/mol. The molecule has 3 N–H and O–H groups in total. The maximum Gasteiger partial charge on any atom is 0.183 e. The van der Waals surface area contributed by atoms with Gasteiger partial charge in [0.1, 0.15) is 6.33 Å². The van der Waals surface area contributed by atoms with E-state index in [1.54, 1.807) is 11.8 Å². The van der Waals surface area contributed by atoms with Crippen LogP contribution in [0.15, 0.2) is 11.5 Å². The van der Waals surface area contributed by atoms with E-state index < -0.39 is 0 Å². The molecule has 1 unspecified atom stereocenters. The van der Waals surface area contributed by atoms with Gasteiger partial charge in [-0.05, 0) is 13.3 Å². The van der Waals surface area contributed by atoms with Crippen LogP contribution in [0.3, 0.4) is 0 Å². The van der Waals surface area contributed by atoms with Crippen LogP contribution in [0.5, 0.6) is 0 Å². The van der Waals surface area contributed by atoms with Gasteiger partial charge >= 0.3 is 0 Å². The molecule has 5 nitrogen and oxygen atoms in total. The van der Waals surface area contributed by atoms with Gasteiger partial charge in [-0.25, -0.2) is 4.98 Å². The standard InChI is InChI=1S/C8H16N4OS/c1-2-13-7(5-9)3-4-14-8-10-6-11-12-8/h6-7H,2-5,9H2,1H3,(H,10,11,12). The lowest BCUT2D eigenvalue weighted by Gasteiger charge is -2.13. The zero-order valence-corrected chi connectivity index (χ0v) is 9.09. The molecule has 0 aromatic carbocycles. The summed E-state index contributed by atoms with van der Waals surface area (Å²) in [5.41, 5.74) is 5.55. The summed E-state index contributed by atoms with van der Waals surface area (Å²) < 4.78 is 5.43. The van der Waals surface area contributed by atoms with E-state index >= 15 is 0 Å². The zero-order valence-electron chi connectivity index (χ0n) is 8.27. The quantitative estimate of drug-likeness (QED) is 0.654. The van der Waals surface area contributed by atoms with E-state index in [9.17, 15) is 0 Å². The molecule has 1 rings (SSSR count). The Kier molecular flexibility index (Phi) is 5.58. The van der Waals surface area contributed by atoms with E-state index in [0.29, 0.717) is 6.54 Å². The third-order valence-electron chi connectivity index (χ3n) is 1.74. The zero-order chi connectivity index (χ0) is 10.2. The van der Waals surface area contributed by atoms with Crippen molar-refractivity contribution in [3.05, 3.63) is 6.33 Å². The smallest absolute Gasteiger partial charge is 0.183 e. The summed E-state index contributed by atoms with van der Waals surface area (Å²) in [5, 5.41) is 7.40. The predicted octanol–water partition coefficient (Wildman–Crippen LogP) is 0.651. The van der Waals surface area contributed by atoms with Crippen molar-refractivity contribution in [1.82, 2.24) is 15.2 Å². The van der Waals surface area contributed by atoms with E-state index in [1.165, 1.54) is 6.33 Å². The van der Waals surface area contributed by atoms with Crippen LogP contribution in [0.25, 0.3) is 0 Å². The Morgan fingerprint density at radius 3 is 3.14 bits per heavy atom. The Morgan fingerprint density at radius 2 is 2.57 bits per heavy atom. The first-order valence-corrected chi connectivity index (χ1v) is 5.65. The fraction of sp³-hybridized carbons (Fsp3) is 0.750. The van der Waals surface area contributed by atoms with Crippen LogP contribution in [0.2, 0.25) is 0 Å². The van der Waals surface area contributed by atoms with Gasteiger partial charge in [-0.3, -0.25) is 5.10 Å². The molecule has 0 aliphatic heterocycles. The fourth-order valence-corrected chi connectivity index (χ4v) is 1.87. The number of ether oxygens (including phenoxy) is 1. The van der Waals surface area contributed by atoms with Crippen molar-refractivity contribution in [2.75, 3.05) is 18.9 Å². The molecule has 0 fully saturated rings. The molecule has 0 bridgehead atoms. The highest BCUT2D eigenvalue weighted by atomic mass is 32.2. The molecule has 14 heavy (non-hydrogen) atoms. The number of aromatic amines is 1. The van der Waals surface area contributed by atoms with Crippen LogP contribution in [0.4, 0.5) is 0 Å². The van der Waals surface area contributed by atoms with Crippen molar-refractivity contribution in [1.29, 1.82) is 0 Å².